The molecule has 2 nitrogen and oxygen atoms in total. The molecule has 0 unspecified atom stereocenters. The van der Waals surface area contributed by atoms with Crippen LogP contribution in [0.5, 0.6) is 0 Å². The fraction of sp³-hybridized carbons (Fsp3) is 0.0769. The lowest BCUT2D eigenvalue weighted by Crippen LogP contribution is -2.08. The van der Waals surface area contributed by atoms with Crippen LogP contribution in [-0.4, -0.2) is 10.8 Å². The predicted molar refractivity (Wildman–Crippen MR) is 63.6 cm³/mol. The van der Waals surface area contributed by atoms with Crippen molar-refractivity contribution < 1.29 is 13.6 Å². The van der Waals surface area contributed by atoms with Crippen molar-refractivity contribution in [2.24, 2.45) is 0 Å². The molecule has 0 N–H and O–H groups in total. The van der Waals surface area contributed by atoms with Gasteiger partial charge in [0.15, 0.2) is 11.6 Å². The Labute approximate surface area is 107 Å². The van der Waals surface area contributed by atoms with Crippen molar-refractivity contribution in [2.45, 2.75) is 6.42 Å². The van der Waals surface area contributed by atoms with Crippen LogP contribution >= 0.6 is 11.6 Å². The van der Waals surface area contributed by atoms with E-state index in [0.717, 1.165) is 6.20 Å². The molecule has 2 aromatic rings. The third-order valence-electron chi connectivity index (χ3n) is 2.46. The molecule has 0 fully saturated rings. The maximum atomic E-state index is 13.6. The molecule has 0 aliphatic rings. The number of pyridine rings is 1. The standard InChI is InChI=1S/C13H8ClF2NO/c14-10-3-1-2-8(13(10)16)6-12(18)9-4-5-17-7-11(9)15/h1-5,7H,6H2. The van der Waals surface area contributed by atoms with Gasteiger partial charge in [0.2, 0.25) is 0 Å². The minimum absolute atomic E-state index is 0.0597. The van der Waals surface area contributed by atoms with Crippen molar-refractivity contribution in [3.8, 4) is 0 Å². The van der Waals surface area contributed by atoms with Crippen molar-refractivity contribution in [3.05, 3.63) is 64.4 Å². The van der Waals surface area contributed by atoms with Crippen LogP contribution in [0.2, 0.25) is 5.02 Å². The van der Waals surface area contributed by atoms with Gasteiger partial charge < -0.3 is 0 Å². The molecular formula is C13H8ClF2NO. The number of hydrogen-bond acceptors (Lipinski definition) is 2. The fourth-order valence-corrected chi connectivity index (χ4v) is 1.75. The molecule has 0 atom stereocenters. The normalized spacial score (nSPS) is 10.4. The molecule has 1 aromatic carbocycles. The summed E-state index contributed by atoms with van der Waals surface area (Å²) in [7, 11) is 0. The van der Waals surface area contributed by atoms with Crippen molar-refractivity contribution >= 4 is 17.4 Å². The second kappa shape index (κ2) is 5.23. The number of carbonyl (C=O) groups excluding carboxylic acids is 1. The Morgan fingerprint density at radius 2 is 2.06 bits per heavy atom. The van der Waals surface area contributed by atoms with Crippen molar-refractivity contribution in [3.63, 3.8) is 0 Å². The highest BCUT2D eigenvalue weighted by Crippen LogP contribution is 2.19. The Kier molecular flexibility index (Phi) is 3.67. The smallest absolute Gasteiger partial charge is 0.170 e. The van der Waals surface area contributed by atoms with Crippen LogP contribution in [0.1, 0.15) is 15.9 Å². The molecule has 0 radical (unpaired) electrons. The first-order valence-electron chi connectivity index (χ1n) is 5.15. The van der Waals surface area contributed by atoms with Gasteiger partial charge in [0.05, 0.1) is 16.8 Å². The number of hydrogen-bond donors (Lipinski definition) is 0. The van der Waals surface area contributed by atoms with Gasteiger partial charge >= 0.3 is 0 Å². The number of aromatic nitrogens is 1. The summed E-state index contributed by atoms with van der Waals surface area (Å²) >= 11 is 5.60. The number of carbonyl (C=O) groups is 1. The van der Waals surface area contributed by atoms with E-state index in [2.05, 4.69) is 4.98 Å². The Morgan fingerprint density at radius 1 is 1.28 bits per heavy atom. The van der Waals surface area contributed by atoms with Crippen molar-refractivity contribution in [1.29, 1.82) is 0 Å². The Bertz CT molecular complexity index is 601. The molecule has 0 amide bonds. The first kappa shape index (κ1) is 12.6. The molecule has 0 bridgehead atoms. The Morgan fingerprint density at radius 3 is 2.78 bits per heavy atom. The van der Waals surface area contributed by atoms with Crippen LogP contribution in [0.25, 0.3) is 0 Å². The van der Waals surface area contributed by atoms with Gasteiger partial charge in [-0.25, -0.2) is 8.78 Å². The van der Waals surface area contributed by atoms with Gasteiger partial charge in [0.25, 0.3) is 0 Å². The van der Waals surface area contributed by atoms with E-state index in [0.29, 0.717) is 0 Å². The summed E-state index contributed by atoms with van der Waals surface area (Å²) < 4.78 is 26.9. The number of Topliss-reactive ketones (excluding diaryl/α,β-unsaturated/α-hetero) is 1. The summed E-state index contributed by atoms with van der Waals surface area (Å²) in [6.45, 7) is 0. The van der Waals surface area contributed by atoms with E-state index in [-0.39, 0.29) is 22.6 Å². The number of ketones is 1. The summed E-state index contributed by atoms with van der Waals surface area (Å²) in [5.41, 5.74) is 0.0353. The highest BCUT2D eigenvalue weighted by molar-refractivity contribution is 6.30. The lowest BCUT2D eigenvalue weighted by molar-refractivity contribution is 0.0988. The summed E-state index contributed by atoms with van der Waals surface area (Å²) in [5, 5.41) is -0.0597. The first-order chi connectivity index (χ1) is 8.59. The van der Waals surface area contributed by atoms with E-state index in [1.54, 1.807) is 0 Å². The highest BCUT2D eigenvalue weighted by atomic mass is 35.5. The highest BCUT2D eigenvalue weighted by Gasteiger charge is 2.15. The van der Waals surface area contributed by atoms with E-state index < -0.39 is 17.4 Å². The largest absolute Gasteiger partial charge is 0.294 e. The number of rotatable bonds is 3. The van der Waals surface area contributed by atoms with Crippen LogP contribution < -0.4 is 0 Å². The van der Waals surface area contributed by atoms with Gasteiger partial charge in [-0.15, -0.1) is 0 Å². The zero-order valence-corrected chi connectivity index (χ0v) is 9.92. The van der Waals surface area contributed by atoms with E-state index in [9.17, 15) is 13.6 Å². The van der Waals surface area contributed by atoms with Crippen LogP contribution in [0, 0.1) is 11.6 Å². The quantitative estimate of drug-likeness (QED) is 0.798. The van der Waals surface area contributed by atoms with Gasteiger partial charge in [0.1, 0.15) is 5.82 Å². The Balaban J connectivity index is 2.27. The van der Waals surface area contributed by atoms with E-state index in [4.69, 9.17) is 11.6 Å². The lowest BCUT2D eigenvalue weighted by Gasteiger charge is -2.04. The third kappa shape index (κ3) is 2.54. The number of halogens is 3. The zero-order valence-electron chi connectivity index (χ0n) is 9.16. The van der Waals surface area contributed by atoms with Crippen LogP contribution in [-0.2, 0) is 6.42 Å². The molecule has 1 heterocycles. The summed E-state index contributed by atoms with van der Waals surface area (Å²) in [6.07, 6.45) is 2.01. The van der Waals surface area contributed by atoms with E-state index in [1.165, 1.54) is 30.5 Å². The second-order valence-corrected chi connectivity index (χ2v) is 4.08. The molecule has 0 aliphatic heterocycles. The molecular weight excluding hydrogens is 260 g/mol. The molecule has 0 saturated heterocycles. The van der Waals surface area contributed by atoms with Crippen LogP contribution in [0.3, 0.4) is 0 Å². The van der Waals surface area contributed by atoms with Gasteiger partial charge in [-0.1, -0.05) is 23.7 Å². The molecule has 92 valence electrons. The molecule has 18 heavy (non-hydrogen) atoms. The van der Waals surface area contributed by atoms with Crippen LogP contribution in [0.15, 0.2) is 36.7 Å². The fourth-order valence-electron chi connectivity index (χ4n) is 1.55. The summed E-state index contributed by atoms with van der Waals surface area (Å²) in [5.74, 6) is -1.89. The average Bonchev–Trinajstić information content (AvgIpc) is 2.35. The summed E-state index contributed by atoms with van der Waals surface area (Å²) in [6, 6.07) is 5.63. The molecule has 2 rings (SSSR count). The Hall–Kier alpha value is -1.81. The molecule has 0 saturated carbocycles. The number of benzene rings is 1. The zero-order chi connectivity index (χ0) is 13.1. The molecule has 1 aromatic heterocycles. The van der Waals surface area contributed by atoms with Crippen LogP contribution in [0.4, 0.5) is 8.78 Å². The molecule has 0 spiro atoms. The topological polar surface area (TPSA) is 30.0 Å². The van der Waals surface area contributed by atoms with Gasteiger partial charge in [-0.2, -0.15) is 0 Å². The van der Waals surface area contributed by atoms with Crippen molar-refractivity contribution in [2.75, 3.05) is 0 Å². The van der Waals surface area contributed by atoms with Gasteiger partial charge in [-0.05, 0) is 17.7 Å². The number of nitrogens with zero attached hydrogens (tertiary/aromatic N) is 1. The lowest BCUT2D eigenvalue weighted by atomic mass is 10.0. The van der Waals surface area contributed by atoms with Crippen molar-refractivity contribution in [1.82, 2.24) is 4.98 Å². The minimum atomic E-state index is -0.718. The maximum absolute atomic E-state index is 13.6. The summed E-state index contributed by atoms with van der Waals surface area (Å²) in [4.78, 5) is 15.4. The average molecular weight is 268 g/mol. The van der Waals surface area contributed by atoms with E-state index in [1.807, 2.05) is 0 Å². The predicted octanol–water partition coefficient (Wildman–Crippen LogP) is 3.44. The SMILES string of the molecule is O=C(Cc1cccc(Cl)c1F)c1ccncc1F. The van der Waals surface area contributed by atoms with Gasteiger partial charge in [0, 0.05) is 12.6 Å². The van der Waals surface area contributed by atoms with Gasteiger partial charge in [-0.3, -0.25) is 9.78 Å². The molecule has 0 aliphatic carbocycles. The second-order valence-electron chi connectivity index (χ2n) is 3.67. The minimum Gasteiger partial charge on any atom is -0.294 e. The maximum Gasteiger partial charge on any atom is 0.170 e. The molecule has 5 heteroatoms. The third-order valence-corrected chi connectivity index (χ3v) is 2.75. The monoisotopic (exact) mass is 267 g/mol. The first-order valence-corrected chi connectivity index (χ1v) is 5.53. The van der Waals surface area contributed by atoms with E-state index >= 15 is 0 Å².